The van der Waals surface area contributed by atoms with Crippen LogP contribution in [0, 0.1) is 17.6 Å². The maximum atomic E-state index is 13.4. The molecule has 0 fully saturated rings. The fraction of sp³-hybridized carbons (Fsp3) is 0.263. The lowest BCUT2D eigenvalue weighted by Gasteiger charge is -2.21. The van der Waals surface area contributed by atoms with Gasteiger partial charge in [-0.05, 0) is 30.2 Å². The van der Waals surface area contributed by atoms with E-state index in [1.807, 2.05) is 0 Å². The van der Waals surface area contributed by atoms with Crippen molar-refractivity contribution < 1.29 is 26.4 Å². The smallest absolute Gasteiger partial charge is 0.408 e. The Labute approximate surface area is 170 Å². The third-order valence-electron chi connectivity index (χ3n) is 4.49. The normalized spacial score (nSPS) is 13.0. The van der Waals surface area contributed by atoms with Gasteiger partial charge in [0.2, 0.25) is 15.9 Å². The molecule has 1 unspecified atom stereocenters. The summed E-state index contributed by atoms with van der Waals surface area (Å²) in [7, 11) is -2.68. The zero-order valence-electron chi connectivity index (χ0n) is 16.3. The average molecular weight is 439 g/mol. The van der Waals surface area contributed by atoms with Crippen molar-refractivity contribution in [3.63, 3.8) is 0 Å². The molecule has 8 nitrogen and oxygen atoms in total. The minimum atomic E-state index is -4.17. The zero-order valence-corrected chi connectivity index (χ0v) is 17.1. The second-order valence-corrected chi connectivity index (χ2v) is 8.73. The molecule has 0 bridgehead atoms. The number of oxazole rings is 1. The Morgan fingerprint density at radius 2 is 1.80 bits per heavy atom. The number of fused-ring (bicyclic) bond motifs is 1. The number of amides is 1. The first kappa shape index (κ1) is 21.7. The molecule has 160 valence electrons. The maximum Gasteiger partial charge on any atom is 0.419 e. The monoisotopic (exact) mass is 439 g/mol. The third kappa shape index (κ3) is 4.26. The number of sulfonamides is 1. The first-order chi connectivity index (χ1) is 14.0. The number of hydrogen-bond donors (Lipinski definition) is 2. The summed E-state index contributed by atoms with van der Waals surface area (Å²) in [6.45, 7) is 3.24. The van der Waals surface area contributed by atoms with Crippen LogP contribution < -0.4 is 15.8 Å². The molecular weight excluding hydrogens is 420 g/mol. The largest absolute Gasteiger partial charge is 0.419 e. The lowest BCUT2D eigenvalue weighted by Crippen LogP contribution is -2.47. The van der Waals surface area contributed by atoms with E-state index in [2.05, 4.69) is 10.0 Å². The number of aryl methyl sites for hydroxylation is 1. The first-order valence-corrected chi connectivity index (χ1v) is 10.4. The number of halogens is 2. The lowest BCUT2D eigenvalue weighted by atomic mass is 10.0. The Morgan fingerprint density at radius 1 is 1.10 bits per heavy atom. The topological polar surface area (TPSA) is 110 Å². The molecule has 0 aliphatic heterocycles. The molecule has 0 saturated carbocycles. The Hall–Kier alpha value is -3.05. The van der Waals surface area contributed by atoms with Crippen molar-refractivity contribution in [3.05, 3.63) is 58.6 Å². The molecule has 2 aromatic carbocycles. The number of nitrogens with zero attached hydrogens (tertiary/aromatic N) is 1. The number of carbonyl (C=O) groups excluding carboxylic acids is 1. The van der Waals surface area contributed by atoms with Gasteiger partial charge >= 0.3 is 5.76 Å². The fourth-order valence-electron chi connectivity index (χ4n) is 2.80. The summed E-state index contributed by atoms with van der Waals surface area (Å²) < 4.78 is 60.6. The van der Waals surface area contributed by atoms with Gasteiger partial charge in [-0.3, -0.25) is 9.36 Å². The number of rotatable bonds is 6. The minimum absolute atomic E-state index is 0.0174. The van der Waals surface area contributed by atoms with Gasteiger partial charge in [0.15, 0.2) is 17.2 Å². The van der Waals surface area contributed by atoms with Gasteiger partial charge in [-0.2, -0.15) is 4.72 Å². The molecule has 11 heteroatoms. The first-order valence-electron chi connectivity index (χ1n) is 8.87. The van der Waals surface area contributed by atoms with Crippen LogP contribution in [0.15, 0.2) is 50.5 Å². The number of carbonyl (C=O) groups is 1. The Bertz CT molecular complexity index is 1280. The van der Waals surface area contributed by atoms with Crippen molar-refractivity contribution in [3.8, 4) is 0 Å². The molecule has 0 radical (unpaired) electrons. The molecule has 0 aliphatic rings. The molecule has 1 heterocycles. The highest BCUT2D eigenvalue weighted by molar-refractivity contribution is 7.89. The molecular formula is C19H19F2N3O5S. The van der Waals surface area contributed by atoms with Gasteiger partial charge in [0.05, 0.1) is 10.4 Å². The number of nitrogens with one attached hydrogen (secondary N) is 2. The molecule has 0 aliphatic carbocycles. The second kappa shape index (κ2) is 8.00. The molecule has 1 amide bonds. The van der Waals surface area contributed by atoms with Crippen molar-refractivity contribution in [1.82, 2.24) is 9.29 Å². The van der Waals surface area contributed by atoms with E-state index >= 15 is 0 Å². The highest BCUT2D eigenvalue weighted by atomic mass is 32.2. The lowest BCUT2D eigenvalue weighted by molar-refractivity contribution is -0.118. The predicted molar refractivity (Wildman–Crippen MR) is 105 cm³/mol. The molecule has 1 aromatic heterocycles. The van der Waals surface area contributed by atoms with Crippen LogP contribution in [-0.4, -0.2) is 24.9 Å². The summed E-state index contributed by atoms with van der Waals surface area (Å²) in [6.07, 6.45) is 0. The highest BCUT2D eigenvalue weighted by Gasteiger charge is 2.29. The summed E-state index contributed by atoms with van der Waals surface area (Å²) >= 11 is 0. The molecule has 1 atom stereocenters. The minimum Gasteiger partial charge on any atom is -0.408 e. The SMILES string of the molecule is CC(C)C(NS(=O)(=O)c1ccc2c(c1)oc(=O)n2C)C(=O)Nc1ccc(F)c(F)c1. The van der Waals surface area contributed by atoms with E-state index in [0.717, 1.165) is 18.2 Å². The van der Waals surface area contributed by atoms with Crippen molar-refractivity contribution in [2.75, 3.05) is 5.32 Å². The molecule has 30 heavy (non-hydrogen) atoms. The second-order valence-electron chi connectivity index (χ2n) is 7.02. The van der Waals surface area contributed by atoms with E-state index < -0.39 is 45.3 Å². The predicted octanol–water partition coefficient (Wildman–Crippen LogP) is 2.35. The molecule has 2 N–H and O–H groups in total. The van der Waals surface area contributed by atoms with Crippen LogP contribution >= 0.6 is 0 Å². The highest BCUT2D eigenvalue weighted by Crippen LogP contribution is 2.20. The fourth-order valence-corrected chi connectivity index (χ4v) is 4.16. The summed E-state index contributed by atoms with van der Waals surface area (Å²) in [5.74, 6) is -4.07. The van der Waals surface area contributed by atoms with Gasteiger partial charge in [-0.25, -0.2) is 22.0 Å². The van der Waals surface area contributed by atoms with E-state index in [1.165, 1.54) is 29.8 Å². The molecule has 0 saturated heterocycles. The number of hydrogen-bond acceptors (Lipinski definition) is 5. The van der Waals surface area contributed by atoms with Crippen LogP contribution in [-0.2, 0) is 21.9 Å². The third-order valence-corrected chi connectivity index (χ3v) is 5.93. The molecule has 3 aromatic rings. The Balaban J connectivity index is 1.86. The Morgan fingerprint density at radius 3 is 2.43 bits per heavy atom. The standard InChI is InChI=1S/C19H19F2N3O5S/c1-10(2)17(18(25)22-11-4-6-13(20)14(21)8-11)23-30(27,28)12-5-7-15-16(9-12)29-19(26)24(15)3/h4-10,17,23H,1-3H3,(H,22,25). The molecule has 0 spiro atoms. The van der Waals surface area contributed by atoms with Gasteiger partial charge in [0.1, 0.15) is 6.04 Å². The van der Waals surface area contributed by atoms with Gasteiger partial charge < -0.3 is 9.73 Å². The van der Waals surface area contributed by atoms with Gasteiger partial charge in [-0.15, -0.1) is 0 Å². The number of anilines is 1. The van der Waals surface area contributed by atoms with Crippen LogP contribution in [0.2, 0.25) is 0 Å². The van der Waals surface area contributed by atoms with Crippen LogP contribution in [0.3, 0.4) is 0 Å². The van der Waals surface area contributed by atoms with Crippen molar-refractivity contribution in [2.24, 2.45) is 13.0 Å². The zero-order chi connectivity index (χ0) is 22.2. The van der Waals surface area contributed by atoms with Crippen molar-refractivity contribution >= 4 is 32.7 Å². The van der Waals surface area contributed by atoms with Gasteiger partial charge in [0, 0.05) is 24.9 Å². The maximum absolute atomic E-state index is 13.4. The van der Waals surface area contributed by atoms with Crippen LogP contribution in [0.4, 0.5) is 14.5 Å². The van der Waals surface area contributed by atoms with Gasteiger partial charge in [0.25, 0.3) is 0 Å². The van der Waals surface area contributed by atoms with Crippen molar-refractivity contribution in [1.29, 1.82) is 0 Å². The van der Waals surface area contributed by atoms with Crippen molar-refractivity contribution in [2.45, 2.75) is 24.8 Å². The van der Waals surface area contributed by atoms with E-state index in [0.29, 0.717) is 5.52 Å². The quantitative estimate of drug-likeness (QED) is 0.613. The summed E-state index contributed by atoms with van der Waals surface area (Å²) in [4.78, 5) is 24.0. The number of benzene rings is 2. The van der Waals surface area contributed by atoms with Gasteiger partial charge in [-0.1, -0.05) is 13.8 Å². The van der Waals surface area contributed by atoms with Crippen LogP contribution in [0.25, 0.3) is 11.1 Å². The van der Waals surface area contributed by atoms with E-state index in [4.69, 9.17) is 4.42 Å². The summed E-state index contributed by atoms with van der Waals surface area (Å²) in [6, 6.07) is 5.48. The average Bonchev–Trinajstić information content (AvgIpc) is 2.96. The number of aromatic nitrogens is 1. The van der Waals surface area contributed by atoms with Crippen LogP contribution in [0.5, 0.6) is 0 Å². The molecule has 3 rings (SSSR count). The Kier molecular flexibility index (Phi) is 5.77. The van der Waals surface area contributed by atoms with E-state index in [1.54, 1.807) is 13.8 Å². The van der Waals surface area contributed by atoms with E-state index in [-0.39, 0.29) is 16.2 Å². The van der Waals surface area contributed by atoms with Crippen LogP contribution in [0.1, 0.15) is 13.8 Å². The van der Waals surface area contributed by atoms with E-state index in [9.17, 15) is 26.8 Å². The summed E-state index contributed by atoms with van der Waals surface area (Å²) in [5.41, 5.74) is 0.476. The summed E-state index contributed by atoms with van der Waals surface area (Å²) in [5, 5.41) is 2.37.